The van der Waals surface area contributed by atoms with Crippen LogP contribution in [0.1, 0.15) is 48.6 Å². The van der Waals surface area contributed by atoms with Gasteiger partial charge in [-0.05, 0) is 50.1 Å². The Bertz CT molecular complexity index is 905. The molecule has 27 heavy (non-hydrogen) atoms. The summed E-state index contributed by atoms with van der Waals surface area (Å²) in [4.78, 5) is 12.0. The highest BCUT2D eigenvalue weighted by Crippen LogP contribution is 2.32. The number of pyridine rings is 1. The van der Waals surface area contributed by atoms with Crippen LogP contribution in [0.3, 0.4) is 0 Å². The molecule has 1 aliphatic heterocycles. The van der Waals surface area contributed by atoms with Gasteiger partial charge in [-0.25, -0.2) is 4.98 Å². The highest BCUT2D eigenvalue weighted by atomic mass is 35.5. The van der Waals surface area contributed by atoms with Gasteiger partial charge in [0.25, 0.3) is 0 Å². The van der Waals surface area contributed by atoms with E-state index in [1.807, 2.05) is 24.4 Å². The average Bonchev–Trinajstić information content (AvgIpc) is 3.33. The molecule has 1 saturated heterocycles. The summed E-state index contributed by atoms with van der Waals surface area (Å²) < 4.78 is 2.22. The van der Waals surface area contributed by atoms with E-state index < -0.39 is 0 Å². The maximum Gasteiger partial charge on any atom is 0.122 e. The Balaban J connectivity index is 1.53. The molecule has 1 aromatic carbocycles. The minimum atomic E-state index is 0.359. The molecule has 140 valence electrons. The zero-order valence-corrected chi connectivity index (χ0v) is 16.4. The van der Waals surface area contributed by atoms with Crippen LogP contribution in [-0.4, -0.2) is 26.0 Å². The van der Waals surface area contributed by atoms with Crippen molar-refractivity contribution in [2.24, 2.45) is 0 Å². The van der Waals surface area contributed by atoms with Crippen molar-refractivity contribution in [3.8, 4) is 0 Å². The van der Waals surface area contributed by atoms with E-state index in [1.165, 1.54) is 6.42 Å². The normalized spacial score (nSPS) is 17.5. The highest BCUT2D eigenvalue weighted by Gasteiger charge is 2.28. The first kappa shape index (κ1) is 18.2. The maximum absolute atomic E-state index is 6.33. The van der Waals surface area contributed by atoms with E-state index in [-0.39, 0.29) is 0 Å². The van der Waals surface area contributed by atoms with Crippen LogP contribution in [0.25, 0.3) is 0 Å². The van der Waals surface area contributed by atoms with Crippen molar-refractivity contribution in [3.63, 3.8) is 0 Å². The van der Waals surface area contributed by atoms with Crippen LogP contribution in [0.4, 0.5) is 0 Å². The molecule has 1 atom stereocenters. The number of rotatable bonds is 6. The molecule has 1 fully saturated rings. The SMILES string of the molecule is CCn1ccnc1CN1CCC[C@H]1c1cccc(Cc2ccccc2Cl)n1. The van der Waals surface area contributed by atoms with Gasteiger partial charge in [0, 0.05) is 36.1 Å². The molecule has 0 unspecified atom stereocenters. The monoisotopic (exact) mass is 380 g/mol. The summed E-state index contributed by atoms with van der Waals surface area (Å²) in [6.07, 6.45) is 7.07. The molecule has 5 heteroatoms. The second-order valence-corrected chi connectivity index (χ2v) is 7.49. The van der Waals surface area contributed by atoms with Crippen LogP contribution in [0, 0.1) is 0 Å². The van der Waals surface area contributed by atoms with Gasteiger partial charge in [-0.2, -0.15) is 0 Å². The Labute approximate surface area is 165 Å². The first-order valence-corrected chi connectivity index (χ1v) is 10.1. The third-order valence-electron chi connectivity index (χ3n) is 5.35. The second kappa shape index (κ2) is 8.24. The van der Waals surface area contributed by atoms with E-state index >= 15 is 0 Å². The Hall–Kier alpha value is -2.17. The Morgan fingerprint density at radius 2 is 2.04 bits per heavy atom. The van der Waals surface area contributed by atoms with Crippen molar-refractivity contribution in [2.75, 3.05) is 6.54 Å². The van der Waals surface area contributed by atoms with E-state index in [4.69, 9.17) is 16.6 Å². The van der Waals surface area contributed by atoms with Crippen LogP contribution < -0.4 is 0 Å². The highest BCUT2D eigenvalue weighted by molar-refractivity contribution is 6.31. The fourth-order valence-electron chi connectivity index (χ4n) is 3.93. The molecule has 0 bridgehead atoms. The van der Waals surface area contributed by atoms with Crippen molar-refractivity contribution in [2.45, 2.75) is 45.3 Å². The fourth-order valence-corrected chi connectivity index (χ4v) is 4.13. The van der Waals surface area contributed by atoms with Crippen molar-refractivity contribution in [3.05, 3.63) is 82.7 Å². The van der Waals surface area contributed by atoms with E-state index in [0.717, 1.165) is 60.3 Å². The summed E-state index contributed by atoms with van der Waals surface area (Å²) in [7, 11) is 0. The quantitative estimate of drug-likeness (QED) is 0.611. The molecule has 0 saturated carbocycles. The second-order valence-electron chi connectivity index (χ2n) is 7.08. The number of imidazole rings is 1. The maximum atomic E-state index is 6.33. The molecule has 4 nitrogen and oxygen atoms in total. The summed E-state index contributed by atoms with van der Waals surface area (Å²) in [6.45, 7) is 5.09. The van der Waals surface area contributed by atoms with E-state index in [9.17, 15) is 0 Å². The van der Waals surface area contributed by atoms with Gasteiger partial charge in [-0.15, -0.1) is 0 Å². The van der Waals surface area contributed by atoms with Crippen LogP contribution in [0.5, 0.6) is 0 Å². The standard InChI is InChI=1S/C22H25ClN4/c1-2-26-14-12-24-22(26)16-27-13-6-11-21(27)20-10-5-8-18(25-20)15-17-7-3-4-9-19(17)23/h3-5,7-10,12,14,21H,2,6,11,13,15-16H2,1H3/t21-/m0/s1. The van der Waals surface area contributed by atoms with Crippen LogP contribution in [-0.2, 0) is 19.5 Å². The minimum absolute atomic E-state index is 0.359. The predicted octanol–water partition coefficient (Wildman–Crippen LogP) is 4.88. The van der Waals surface area contributed by atoms with Gasteiger partial charge in [0.2, 0.25) is 0 Å². The Kier molecular flexibility index (Phi) is 5.55. The summed E-state index contributed by atoms with van der Waals surface area (Å²) in [6, 6.07) is 14.7. The Morgan fingerprint density at radius 3 is 2.89 bits per heavy atom. The molecule has 3 aromatic rings. The molecular formula is C22H25ClN4. The number of halogens is 1. The van der Waals surface area contributed by atoms with Gasteiger partial charge in [-0.3, -0.25) is 9.88 Å². The molecular weight excluding hydrogens is 356 g/mol. The van der Waals surface area contributed by atoms with Crippen molar-refractivity contribution in [1.82, 2.24) is 19.4 Å². The third kappa shape index (κ3) is 4.07. The van der Waals surface area contributed by atoms with Crippen molar-refractivity contribution in [1.29, 1.82) is 0 Å². The molecule has 0 aliphatic carbocycles. The predicted molar refractivity (Wildman–Crippen MR) is 109 cm³/mol. The van der Waals surface area contributed by atoms with Gasteiger partial charge in [0.15, 0.2) is 0 Å². The van der Waals surface area contributed by atoms with Gasteiger partial charge in [0.05, 0.1) is 18.3 Å². The number of hydrogen-bond acceptors (Lipinski definition) is 3. The number of aromatic nitrogens is 3. The lowest BCUT2D eigenvalue weighted by Gasteiger charge is -2.24. The summed E-state index contributed by atoms with van der Waals surface area (Å²) in [5.74, 6) is 1.14. The van der Waals surface area contributed by atoms with Crippen molar-refractivity contribution < 1.29 is 0 Å². The number of aryl methyl sites for hydroxylation is 1. The van der Waals surface area contributed by atoms with Crippen LogP contribution >= 0.6 is 11.6 Å². The van der Waals surface area contributed by atoms with E-state index in [1.54, 1.807) is 0 Å². The lowest BCUT2D eigenvalue weighted by Crippen LogP contribution is -2.25. The summed E-state index contributed by atoms with van der Waals surface area (Å²) in [5.41, 5.74) is 3.35. The number of likely N-dealkylation sites (tertiary alicyclic amines) is 1. The minimum Gasteiger partial charge on any atom is -0.334 e. The summed E-state index contributed by atoms with van der Waals surface area (Å²) >= 11 is 6.33. The molecule has 4 rings (SSSR count). The fraction of sp³-hybridized carbons (Fsp3) is 0.364. The lowest BCUT2D eigenvalue weighted by atomic mass is 10.1. The lowest BCUT2D eigenvalue weighted by molar-refractivity contribution is 0.235. The molecule has 1 aliphatic rings. The molecule has 3 heterocycles. The van der Waals surface area contributed by atoms with Gasteiger partial charge >= 0.3 is 0 Å². The number of benzene rings is 1. The number of nitrogens with zero attached hydrogens (tertiary/aromatic N) is 4. The van der Waals surface area contributed by atoms with Gasteiger partial charge < -0.3 is 4.57 Å². The molecule has 0 N–H and O–H groups in total. The Morgan fingerprint density at radius 1 is 1.15 bits per heavy atom. The van der Waals surface area contributed by atoms with Crippen LogP contribution in [0.15, 0.2) is 54.9 Å². The zero-order chi connectivity index (χ0) is 18.6. The molecule has 2 aromatic heterocycles. The van der Waals surface area contributed by atoms with Crippen LogP contribution in [0.2, 0.25) is 5.02 Å². The molecule has 0 radical (unpaired) electrons. The summed E-state index contributed by atoms with van der Waals surface area (Å²) in [5, 5.41) is 0.804. The zero-order valence-electron chi connectivity index (χ0n) is 15.7. The molecule has 0 spiro atoms. The van der Waals surface area contributed by atoms with E-state index in [0.29, 0.717) is 6.04 Å². The smallest absolute Gasteiger partial charge is 0.122 e. The first-order chi connectivity index (χ1) is 13.2. The van der Waals surface area contributed by atoms with Gasteiger partial charge in [0.1, 0.15) is 5.82 Å². The number of hydrogen-bond donors (Lipinski definition) is 0. The topological polar surface area (TPSA) is 34.0 Å². The average molecular weight is 381 g/mol. The largest absolute Gasteiger partial charge is 0.334 e. The molecule has 0 amide bonds. The first-order valence-electron chi connectivity index (χ1n) is 9.68. The van der Waals surface area contributed by atoms with Crippen molar-refractivity contribution >= 4 is 11.6 Å². The van der Waals surface area contributed by atoms with E-state index in [2.05, 4.69) is 51.8 Å². The van der Waals surface area contributed by atoms with Gasteiger partial charge in [-0.1, -0.05) is 35.9 Å². The third-order valence-corrected chi connectivity index (χ3v) is 5.72.